The second kappa shape index (κ2) is 3.69. The molecule has 0 aliphatic heterocycles. The smallest absolute Gasteiger partial charge is 0.410 e. The molecule has 1 amide bonds. The zero-order valence-corrected chi connectivity index (χ0v) is 9.95. The summed E-state index contributed by atoms with van der Waals surface area (Å²) in [4.78, 5) is 13.9. The Hall–Kier alpha value is -0.730. The summed E-state index contributed by atoms with van der Waals surface area (Å²) < 4.78 is 5.42. The van der Waals surface area contributed by atoms with Crippen molar-refractivity contribution in [2.24, 2.45) is 5.92 Å². The van der Waals surface area contributed by atoms with Gasteiger partial charge in [0.1, 0.15) is 5.60 Å². The Balaban J connectivity index is 1.88. The van der Waals surface area contributed by atoms with Gasteiger partial charge < -0.3 is 9.64 Å². The van der Waals surface area contributed by atoms with Gasteiger partial charge in [0.2, 0.25) is 0 Å². The molecule has 3 heteroatoms. The molecule has 0 saturated heterocycles. The van der Waals surface area contributed by atoms with Gasteiger partial charge >= 0.3 is 6.09 Å². The molecule has 0 aromatic heterocycles. The molecule has 0 unspecified atom stereocenters. The molecule has 2 aliphatic carbocycles. The second-order valence-electron chi connectivity index (χ2n) is 5.81. The summed E-state index contributed by atoms with van der Waals surface area (Å²) in [7, 11) is 0. The maximum atomic E-state index is 11.9. The van der Waals surface area contributed by atoms with Gasteiger partial charge in [-0.15, -0.1) is 0 Å². The predicted molar refractivity (Wildman–Crippen MR) is 58.7 cm³/mol. The third kappa shape index (κ3) is 3.40. The first-order chi connectivity index (χ1) is 6.96. The maximum absolute atomic E-state index is 11.9. The molecule has 15 heavy (non-hydrogen) atoms. The highest BCUT2D eigenvalue weighted by Gasteiger charge is 2.38. The molecule has 0 spiro atoms. The highest BCUT2D eigenvalue weighted by atomic mass is 16.6. The fourth-order valence-corrected chi connectivity index (χ4v) is 1.66. The van der Waals surface area contributed by atoms with E-state index in [1.54, 1.807) is 0 Å². The first kappa shape index (κ1) is 10.8. The summed E-state index contributed by atoms with van der Waals surface area (Å²) in [5.74, 6) is 0.748. The van der Waals surface area contributed by atoms with Crippen molar-refractivity contribution in [3.63, 3.8) is 0 Å². The lowest BCUT2D eigenvalue weighted by atomic mass is 10.2. The van der Waals surface area contributed by atoms with E-state index in [0.717, 1.165) is 25.3 Å². The van der Waals surface area contributed by atoms with Gasteiger partial charge in [-0.25, -0.2) is 4.79 Å². The van der Waals surface area contributed by atoms with E-state index in [4.69, 9.17) is 4.74 Å². The number of carbonyl (C=O) groups excluding carboxylic acids is 1. The summed E-state index contributed by atoms with van der Waals surface area (Å²) in [6.07, 6.45) is 4.77. The Morgan fingerprint density at radius 1 is 1.27 bits per heavy atom. The SMILES string of the molecule is CC(C)(C)OC(=O)N(CC1CC1)C1CC1. The number of nitrogens with zero attached hydrogens (tertiary/aromatic N) is 1. The average Bonchev–Trinajstić information content (AvgIpc) is 2.92. The van der Waals surface area contributed by atoms with Crippen molar-refractivity contribution in [1.82, 2.24) is 4.90 Å². The van der Waals surface area contributed by atoms with Crippen molar-refractivity contribution in [1.29, 1.82) is 0 Å². The van der Waals surface area contributed by atoms with Crippen LogP contribution in [0.4, 0.5) is 4.79 Å². The summed E-state index contributed by atoms with van der Waals surface area (Å²) in [5.41, 5.74) is -0.367. The van der Waals surface area contributed by atoms with Crippen molar-refractivity contribution in [3.8, 4) is 0 Å². The first-order valence-corrected chi connectivity index (χ1v) is 5.95. The highest BCUT2D eigenvalue weighted by molar-refractivity contribution is 5.69. The Bertz CT molecular complexity index is 249. The number of rotatable bonds is 3. The van der Waals surface area contributed by atoms with E-state index in [1.807, 2.05) is 25.7 Å². The van der Waals surface area contributed by atoms with Crippen LogP contribution in [0.25, 0.3) is 0 Å². The van der Waals surface area contributed by atoms with Crippen LogP contribution < -0.4 is 0 Å². The fourth-order valence-electron chi connectivity index (χ4n) is 1.66. The second-order valence-corrected chi connectivity index (χ2v) is 5.81. The molecule has 2 rings (SSSR count). The number of hydrogen-bond acceptors (Lipinski definition) is 2. The van der Waals surface area contributed by atoms with E-state index in [0.29, 0.717) is 6.04 Å². The minimum absolute atomic E-state index is 0.114. The molecule has 0 bridgehead atoms. The monoisotopic (exact) mass is 211 g/mol. The molecular weight excluding hydrogens is 190 g/mol. The number of hydrogen-bond donors (Lipinski definition) is 0. The van der Waals surface area contributed by atoms with Gasteiger partial charge in [-0.05, 0) is 52.4 Å². The van der Waals surface area contributed by atoms with E-state index in [2.05, 4.69) is 0 Å². The number of carbonyl (C=O) groups is 1. The lowest BCUT2D eigenvalue weighted by Crippen LogP contribution is -2.39. The van der Waals surface area contributed by atoms with E-state index >= 15 is 0 Å². The van der Waals surface area contributed by atoms with Gasteiger partial charge in [0.05, 0.1) is 0 Å². The van der Waals surface area contributed by atoms with Crippen LogP contribution in [0.3, 0.4) is 0 Å². The van der Waals surface area contributed by atoms with Crippen LogP contribution in [0.1, 0.15) is 46.5 Å². The minimum atomic E-state index is -0.367. The van der Waals surface area contributed by atoms with Gasteiger partial charge in [0, 0.05) is 12.6 Å². The number of amides is 1. The third-order valence-electron chi connectivity index (χ3n) is 2.77. The Morgan fingerprint density at radius 2 is 1.87 bits per heavy atom. The van der Waals surface area contributed by atoms with Crippen LogP contribution in [0.2, 0.25) is 0 Å². The molecule has 86 valence electrons. The molecule has 2 aliphatic rings. The van der Waals surface area contributed by atoms with E-state index in [-0.39, 0.29) is 11.7 Å². The van der Waals surface area contributed by atoms with Crippen LogP contribution in [0.5, 0.6) is 0 Å². The van der Waals surface area contributed by atoms with Crippen molar-refractivity contribution < 1.29 is 9.53 Å². The van der Waals surface area contributed by atoms with E-state index in [1.165, 1.54) is 12.8 Å². The zero-order chi connectivity index (χ0) is 11.1. The van der Waals surface area contributed by atoms with Crippen LogP contribution >= 0.6 is 0 Å². The molecule has 0 heterocycles. The molecule has 0 N–H and O–H groups in total. The first-order valence-electron chi connectivity index (χ1n) is 5.95. The fraction of sp³-hybridized carbons (Fsp3) is 0.917. The lowest BCUT2D eigenvalue weighted by molar-refractivity contribution is 0.0224. The molecule has 0 aromatic carbocycles. The van der Waals surface area contributed by atoms with Crippen molar-refractivity contribution >= 4 is 6.09 Å². The molecular formula is C12H21NO2. The Labute approximate surface area is 91.8 Å². The van der Waals surface area contributed by atoms with Crippen molar-refractivity contribution in [2.75, 3.05) is 6.54 Å². The van der Waals surface area contributed by atoms with Gasteiger partial charge in [-0.1, -0.05) is 0 Å². The molecule has 3 nitrogen and oxygen atoms in total. The lowest BCUT2D eigenvalue weighted by Gasteiger charge is -2.27. The van der Waals surface area contributed by atoms with Crippen molar-refractivity contribution in [2.45, 2.75) is 58.1 Å². The molecule has 2 fully saturated rings. The minimum Gasteiger partial charge on any atom is -0.444 e. The summed E-state index contributed by atoms with van der Waals surface area (Å²) in [5, 5.41) is 0. The standard InChI is InChI=1S/C12H21NO2/c1-12(2,3)15-11(14)13(10-6-7-10)8-9-4-5-9/h9-10H,4-8H2,1-3H3. The van der Waals surface area contributed by atoms with Crippen molar-refractivity contribution in [3.05, 3.63) is 0 Å². The van der Waals surface area contributed by atoms with Gasteiger partial charge in [0.25, 0.3) is 0 Å². The van der Waals surface area contributed by atoms with Crippen LogP contribution in [-0.2, 0) is 4.74 Å². The molecule has 0 radical (unpaired) electrons. The third-order valence-corrected chi connectivity index (χ3v) is 2.77. The molecule has 0 atom stereocenters. The topological polar surface area (TPSA) is 29.5 Å². The normalized spacial score (nSPS) is 21.3. The largest absolute Gasteiger partial charge is 0.444 e. The highest BCUT2D eigenvalue weighted by Crippen LogP contribution is 2.35. The van der Waals surface area contributed by atoms with E-state index in [9.17, 15) is 4.79 Å². The van der Waals surface area contributed by atoms with E-state index < -0.39 is 0 Å². The van der Waals surface area contributed by atoms with Gasteiger partial charge in [0.15, 0.2) is 0 Å². The molecule has 2 saturated carbocycles. The van der Waals surface area contributed by atoms with Crippen LogP contribution in [0.15, 0.2) is 0 Å². The van der Waals surface area contributed by atoms with Crippen LogP contribution in [-0.4, -0.2) is 29.2 Å². The van der Waals surface area contributed by atoms with Crippen LogP contribution in [0, 0.1) is 5.92 Å². The maximum Gasteiger partial charge on any atom is 0.410 e. The number of ether oxygens (including phenoxy) is 1. The summed E-state index contributed by atoms with van der Waals surface area (Å²) in [6.45, 7) is 6.69. The molecule has 0 aromatic rings. The summed E-state index contributed by atoms with van der Waals surface area (Å²) >= 11 is 0. The summed E-state index contributed by atoms with van der Waals surface area (Å²) in [6, 6.07) is 0.473. The Morgan fingerprint density at radius 3 is 2.27 bits per heavy atom. The van der Waals surface area contributed by atoms with Gasteiger partial charge in [-0.2, -0.15) is 0 Å². The van der Waals surface area contributed by atoms with Gasteiger partial charge in [-0.3, -0.25) is 0 Å². The Kier molecular flexibility index (Phi) is 2.65. The average molecular weight is 211 g/mol. The predicted octanol–water partition coefficient (Wildman–Crippen LogP) is 2.80. The zero-order valence-electron chi connectivity index (χ0n) is 9.95. The quantitative estimate of drug-likeness (QED) is 0.718.